The summed E-state index contributed by atoms with van der Waals surface area (Å²) < 4.78 is 29.8. The van der Waals surface area contributed by atoms with Gasteiger partial charge in [-0.25, -0.2) is 0 Å². The number of piperidine rings is 1. The summed E-state index contributed by atoms with van der Waals surface area (Å²) in [6, 6.07) is 6.80. The second kappa shape index (κ2) is 7.72. The molecular weight excluding hydrogens is 384 g/mol. The van der Waals surface area contributed by atoms with Crippen molar-refractivity contribution in [2.24, 2.45) is 0 Å². The molecule has 6 nitrogen and oxygen atoms in total. The van der Waals surface area contributed by atoms with Crippen molar-refractivity contribution in [3.63, 3.8) is 0 Å². The maximum atomic E-state index is 12.7. The van der Waals surface area contributed by atoms with Gasteiger partial charge in [0.1, 0.15) is 0 Å². The highest BCUT2D eigenvalue weighted by molar-refractivity contribution is 7.87. The number of nitrogens with zero attached hydrogens (tertiary/aromatic N) is 2. The van der Waals surface area contributed by atoms with Crippen LogP contribution in [0.15, 0.2) is 24.4 Å². The number of likely N-dealkylation sites (N-methyl/N-ethyl adjacent to an activating group) is 1. The van der Waals surface area contributed by atoms with E-state index in [1.165, 1.54) is 26.3 Å². The Labute approximate surface area is 167 Å². The molecular formula is C19H29ClN4O2S. The van der Waals surface area contributed by atoms with Gasteiger partial charge < -0.3 is 9.88 Å². The summed E-state index contributed by atoms with van der Waals surface area (Å²) in [5.74, 6) is 0.352. The largest absolute Gasteiger partial charge is 0.361 e. The zero-order chi connectivity index (χ0) is 18.5. The van der Waals surface area contributed by atoms with Crippen LogP contribution >= 0.6 is 12.4 Å². The van der Waals surface area contributed by atoms with E-state index in [0.717, 1.165) is 19.4 Å². The summed E-state index contributed by atoms with van der Waals surface area (Å²) >= 11 is 0. The van der Waals surface area contributed by atoms with Crippen LogP contribution in [-0.2, 0) is 16.6 Å². The molecule has 2 N–H and O–H groups in total. The molecule has 2 aromatic rings. The predicted octanol–water partition coefficient (Wildman–Crippen LogP) is 2.48. The molecule has 0 bridgehead atoms. The van der Waals surface area contributed by atoms with Crippen LogP contribution in [-0.4, -0.2) is 61.4 Å². The molecule has 0 amide bonds. The first-order valence-electron chi connectivity index (χ1n) is 9.51. The molecule has 1 aliphatic carbocycles. The molecule has 0 spiro atoms. The van der Waals surface area contributed by atoms with Crippen molar-refractivity contribution in [1.29, 1.82) is 0 Å². The smallest absolute Gasteiger partial charge is 0.279 e. The number of benzene rings is 1. The number of likely N-dealkylation sites (tertiary alicyclic amines) is 1. The lowest BCUT2D eigenvalue weighted by Crippen LogP contribution is -2.56. The minimum Gasteiger partial charge on any atom is -0.361 e. The van der Waals surface area contributed by atoms with Crippen LogP contribution in [0.4, 0.5) is 0 Å². The average Bonchev–Trinajstić information content (AvgIpc) is 3.01. The summed E-state index contributed by atoms with van der Waals surface area (Å²) in [5.41, 5.74) is 3.92. The lowest BCUT2D eigenvalue weighted by molar-refractivity contribution is 0.135. The fourth-order valence-electron chi connectivity index (χ4n) is 4.88. The molecule has 1 aliphatic heterocycles. The van der Waals surface area contributed by atoms with Crippen molar-refractivity contribution >= 4 is 33.5 Å². The van der Waals surface area contributed by atoms with E-state index in [9.17, 15) is 8.42 Å². The molecule has 1 saturated heterocycles. The van der Waals surface area contributed by atoms with Crippen LogP contribution in [0.25, 0.3) is 10.9 Å². The SMILES string of the molecule is CCN(CC)S(=O)(=O)N[C@H]1CC2c3cccc4[nH]cc(c34)C[C@H]2N(C)C1.Cl. The molecule has 0 saturated carbocycles. The molecule has 27 heavy (non-hydrogen) atoms. The molecule has 3 atom stereocenters. The van der Waals surface area contributed by atoms with Crippen molar-refractivity contribution in [2.45, 2.75) is 44.7 Å². The third kappa shape index (κ3) is 3.51. The van der Waals surface area contributed by atoms with Crippen LogP contribution in [0, 0.1) is 0 Å². The minimum absolute atomic E-state index is 0. The van der Waals surface area contributed by atoms with Crippen molar-refractivity contribution in [2.75, 3.05) is 26.7 Å². The van der Waals surface area contributed by atoms with Gasteiger partial charge in [-0.3, -0.25) is 0 Å². The van der Waals surface area contributed by atoms with Gasteiger partial charge >= 0.3 is 0 Å². The zero-order valence-corrected chi connectivity index (χ0v) is 17.7. The van der Waals surface area contributed by atoms with E-state index < -0.39 is 10.2 Å². The van der Waals surface area contributed by atoms with Gasteiger partial charge in [0.05, 0.1) is 0 Å². The molecule has 8 heteroatoms. The highest BCUT2D eigenvalue weighted by atomic mass is 35.5. The first kappa shape index (κ1) is 20.6. The first-order valence-corrected chi connectivity index (χ1v) is 10.9. The standard InChI is InChI=1S/C19H28N4O2S.ClH/c1-4-23(5-2)26(24,25)21-14-10-16-15-7-6-8-17-19(15)13(11-20-17)9-18(16)22(3)12-14;/h6-8,11,14,16,18,20-21H,4-5,9-10,12H2,1-3H3;1H/t14-,16?,18+;/m0./s1. The maximum absolute atomic E-state index is 12.7. The Balaban J connectivity index is 0.00000210. The van der Waals surface area contributed by atoms with E-state index in [4.69, 9.17) is 0 Å². The minimum atomic E-state index is -3.43. The Morgan fingerprint density at radius 1 is 1.30 bits per heavy atom. The number of hydrogen-bond donors (Lipinski definition) is 2. The van der Waals surface area contributed by atoms with Crippen LogP contribution in [0.5, 0.6) is 0 Å². The van der Waals surface area contributed by atoms with Gasteiger partial charge in [-0.2, -0.15) is 17.4 Å². The van der Waals surface area contributed by atoms with E-state index >= 15 is 0 Å². The van der Waals surface area contributed by atoms with Crippen LogP contribution in [0.3, 0.4) is 0 Å². The third-order valence-electron chi connectivity index (χ3n) is 6.09. The molecule has 1 aromatic heterocycles. The number of H-pyrrole nitrogens is 1. The molecule has 150 valence electrons. The van der Waals surface area contributed by atoms with E-state index in [1.54, 1.807) is 0 Å². The molecule has 2 heterocycles. The van der Waals surface area contributed by atoms with E-state index in [0.29, 0.717) is 25.0 Å². The first-order chi connectivity index (χ1) is 12.4. The van der Waals surface area contributed by atoms with Gasteiger partial charge in [-0.15, -0.1) is 12.4 Å². The quantitative estimate of drug-likeness (QED) is 0.792. The van der Waals surface area contributed by atoms with Gasteiger partial charge in [-0.1, -0.05) is 26.0 Å². The summed E-state index contributed by atoms with van der Waals surface area (Å²) in [4.78, 5) is 5.72. The number of halogens is 1. The second-order valence-electron chi connectivity index (χ2n) is 7.54. The number of rotatable bonds is 5. The number of aromatic amines is 1. The van der Waals surface area contributed by atoms with Crippen LogP contribution in [0.2, 0.25) is 0 Å². The summed E-state index contributed by atoms with van der Waals surface area (Å²) in [6.07, 6.45) is 4.00. The second-order valence-corrected chi connectivity index (χ2v) is 9.24. The molecule has 4 rings (SSSR count). The normalized spacial score (nSPS) is 25.4. The van der Waals surface area contributed by atoms with Gasteiger partial charge in [-0.05, 0) is 37.1 Å². The van der Waals surface area contributed by atoms with Crippen molar-refractivity contribution < 1.29 is 8.42 Å². The third-order valence-corrected chi connectivity index (χ3v) is 7.91. The fraction of sp³-hybridized carbons (Fsp3) is 0.579. The Hall–Kier alpha value is -1.12. The highest BCUT2D eigenvalue weighted by Crippen LogP contribution is 2.43. The number of nitrogens with one attached hydrogen (secondary N) is 2. The van der Waals surface area contributed by atoms with E-state index in [2.05, 4.69) is 46.0 Å². The number of hydrogen-bond acceptors (Lipinski definition) is 3. The molecule has 1 fully saturated rings. The highest BCUT2D eigenvalue weighted by Gasteiger charge is 2.40. The lowest BCUT2D eigenvalue weighted by atomic mass is 9.74. The molecule has 1 unspecified atom stereocenters. The Morgan fingerprint density at radius 3 is 2.74 bits per heavy atom. The molecule has 0 radical (unpaired) electrons. The van der Waals surface area contributed by atoms with Gasteiger partial charge in [0, 0.05) is 54.7 Å². The van der Waals surface area contributed by atoms with E-state index in [1.807, 2.05) is 13.8 Å². The van der Waals surface area contributed by atoms with Gasteiger partial charge in [0.15, 0.2) is 0 Å². The van der Waals surface area contributed by atoms with Crippen molar-refractivity contribution in [1.82, 2.24) is 18.9 Å². The van der Waals surface area contributed by atoms with Crippen LogP contribution < -0.4 is 4.72 Å². The Bertz CT molecular complexity index is 910. The zero-order valence-electron chi connectivity index (χ0n) is 16.1. The fourth-order valence-corrected chi connectivity index (χ4v) is 6.30. The van der Waals surface area contributed by atoms with Gasteiger partial charge in [0.25, 0.3) is 10.2 Å². The number of fused-ring (bicyclic) bond motifs is 2. The van der Waals surface area contributed by atoms with Gasteiger partial charge in [0.2, 0.25) is 0 Å². The lowest BCUT2D eigenvalue weighted by Gasteiger charge is -2.45. The Kier molecular flexibility index (Phi) is 5.89. The van der Waals surface area contributed by atoms with Crippen LogP contribution in [0.1, 0.15) is 37.3 Å². The average molecular weight is 413 g/mol. The Morgan fingerprint density at radius 2 is 2.04 bits per heavy atom. The summed E-state index contributed by atoms with van der Waals surface area (Å²) in [7, 11) is -1.32. The summed E-state index contributed by atoms with van der Waals surface area (Å²) in [5, 5.41) is 1.34. The summed E-state index contributed by atoms with van der Waals surface area (Å²) in [6.45, 7) is 5.48. The molecule has 1 aromatic carbocycles. The predicted molar refractivity (Wildman–Crippen MR) is 112 cm³/mol. The maximum Gasteiger partial charge on any atom is 0.279 e. The molecule has 2 aliphatic rings. The topological polar surface area (TPSA) is 68.4 Å². The van der Waals surface area contributed by atoms with Crippen molar-refractivity contribution in [3.05, 3.63) is 35.5 Å². The number of aromatic nitrogens is 1. The monoisotopic (exact) mass is 412 g/mol. The van der Waals surface area contributed by atoms with Crippen molar-refractivity contribution in [3.8, 4) is 0 Å². The van der Waals surface area contributed by atoms with E-state index in [-0.39, 0.29) is 18.4 Å².